The van der Waals surface area contributed by atoms with Crippen molar-refractivity contribution >= 4 is 22.9 Å². The summed E-state index contributed by atoms with van der Waals surface area (Å²) in [5.41, 5.74) is 6.93. The molecule has 0 unspecified atom stereocenters. The molecule has 28 heavy (non-hydrogen) atoms. The van der Waals surface area contributed by atoms with Gasteiger partial charge in [-0.1, -0.05) is 0 Å². The largest absolute Gasteiger partial charge is 0.492 e. The lowest BCUT2D eigenvalue weighted by Crippen LogP contribution is -2.34. The average Bonchev–Trinajstić information content (AvgIpc) is 3.56. The zero-order valence-electron chi connectivity index (χ0n) is 16.8. The molecule has 0 spiro atoms. The second kappa shape index (κ2) is 6.04. The van der Waals surface area contributed by atoms with Gasteiger partial charge in [0.05, 0.1) is 35.3 Å². The van der Waals surface area contributed by atoms with Crippen LogP contribution in [0.15, 0.2) is 23.1 Å². The monoisotopic (exact) mass is 386 g/mol. The average molecular weight is 386 g/mol. The van der Waals surface area contributed by atoms with E-state index in [2.05, 4.69) is 4.90 Å². The number of alkyl halides is 1. The molecule has 3 atom stereocenters. The molecule has 6 nitrogen and oxygen atoms in total. The maximum atomic E-state index is 14.0. The summed E-state index contributed by atoms with van der Waals surface area (Å²) < 4.78 is 28.7. The van der Waals surface area contributed by atoms with E-state index in [1.165, 1.54) is 13.3 Å². The Morgan fingerprint density at radius 2 is 2.18 bits per heavy atom. The minimum Gasteiger partial charge on any atom is -0.492 e. The van der Waals surface area contributed by atoms with Gasteiger partial charge >= 0.3 is 0 Å². The van der Waals surface area contributed by atoms with E-state index in [1.54, 1.807) is 10.6 Å². The molecule has 0 amide bonds. The van der Waals surface area contributed by atoms with Gasteiger partial charge in [-0.2, -0.15) is 0 Å². The number of ether oxygens (including phenoxy) is 1. The van der Waals surface area contributed by atoms with Crippen LogP contribution in [-0.2, 0) is 0 Å². The number of aromatic nitrogens is 1. The van der Waals surface area contributed by atoms with E-state index in [4.69, 9.17) is 11.8 Å². The second-order valence-electron chi connectivity index (χ2n) is 8.38. The van der Waals surface area contributed by atoms with Crippen LogP contribution in [0.2, 0.25) is 0 Å². The normalized spacial score (nSPS) is 28.3. The Hall–Kier alpha value is -2.41. The van der Waals surface area contributed by atoms with Crippen molar-refractivity contribution in [1.82, 2.24) is 4.57 Å². The number of aldehydes is 1. The minimum absolute atomic E-state index is 0.0558. The SMILES string of the molecule is [2H]C(=O)c1cn([C@@H]2C[C@@H]2F)c2c(OC)c(N3CC[C@@H](C4(N)CC4)C3)ccc2c1=O. The van der Waals surface area contributed by atoms with Gasteiger partial charge in [0.2, 0.25) is 0 Å². The number of benzene rings is 1. The number of hydrogen-bond donors (Lipinski definition) is 1. The van der Waals surface area contributed by atoms with E-state index < -0.39 is 23.9 Å². The zero-order chi connectivity index (χ0) is 20.5. The molecule has 1 saturated heterocycles. The summed E-state index contributed by atoms with van der Waals surface area (Å²) in [5, 5.41) is 0.274. The summed E-state index contributed by atoms with van der Waals surface area (Å²) in [5.74, 6) is 0.928. The molecule has 2 aromatic rings. The number of carbonyl (C=O) groups is 1. The predicted octanol–water partition coefficient (Wildman–Crippen LogP) is 2.42. The molecule has 0 bridgehead atoms. The fourth-order valence-electron chi connectivity index (χ4n) is 4.63. The molecule has 1 aliphatic heterocycles. The molecule has 2 N–H and O–H groups in total. The third-order valence-electron chi connectivity index (χ3n) is 6.65. The van der Waals surface area contributed by atoms with E-state index in [9.17, 15) is 14.0 Å². The van der Waals surface area contributed by atoms with Crippen molar-refractivity contribution in [3.05, 3.63) is 34.1 Å². The standard InChI is InChI=1S/C21H24FN3O3/c1-28-20-16(24-7-4-13(10-24)21(23)5-6-21)3-2-14-18(20)25(17-8-15(17)22)9-12(11-26)19(14)27/h2-3,9,11,13,15,17H,4-8,10,23H2,1H3/t13-,15+,17-/m1/s1/i11D. The zero-order valence-corrected chi connectivity index (χ0v) is 15.8. The Morgan fingerprint density at radius 3 is 2.79 bits per heavy atom. The topological polar surface area (TPSA) is 77.6 Å². The third-order valence-corrected chi connectivity index (χ3v) is 6.65. The van der Waals surface area contributed by atoms with Crippen LogP contribution in [0, 0.1) is 5.92 Å². The van der Waals surface area contributed by atoms with Gasteiger partial charge in [-0.15, -0.1) is 0 Å². The number of methoxy groups -OCH3 is 1. The smallest absolute Gasteiger partial charge is 0.200 e. The Morgan fingerprint density at radius 1 is 1.43 bits per heavy atom. The van der Waals surface area contributed by atoms with Crippen LogP contribution in [0.25, 0.3) is 10.9 Å². The van der Waals surface area contributed by atoms with Crippen LogP contribution in [0.3, 0.4) is 0 Å². The Kier molecular flexibility index (Phi) is 3.57. The summed E-state index contributed by atoms with van der Waals surface area (Å²) in [6.07, 6.45) is 2.66. The summed E-state index contributed by atoms with van der Waals surface area (Å²) in [4.78, 5) is 26.7. The second-order valence-corrected chi connectivity index (χ2v) is 8.38. The van der Waals surface area contributed by atoms with Gasteiger partial charge in [-0.05, 0) is 37.3 Å². The van der Waals surface area contributed by atoms with Crippen LogP contribution >= 0.6 is 0 Å². The molecule has 2 saturated carbocycles. The highest BCUT2D eigenvalue weighted by Crippen LogP contribution is 2.47. The number of nitrogens with zero attached hydrogens (tertiary/aromatic N) is 2. The van der Waals surface area contributed by atoms with Gasteiger partial charge in [-0.25, -0.2) is 4.39 Å². The molecular formula is C21H24FN3O3. The first-order chi connectivity index (χ1) is 13.8. The van der Waals surface area contributed by atoms with E-state index in [1.807, 2.05) is 6.07 Å². The van der Waals surface area contributed by atoms with Crippen LogP contribution < -0.4 is 20.8 Å². The summed E-state index contributed by atoms with van der Waals surface area (Å²) in [7, 11) is 1.54. The van der Waals surface area contributed by atoms with Crippen molar-refractivity contribution in [3.63, 3.8) is 0 Å². The van der Waals surface area contributed by atoms with Gasteiger partial charge in [0.25, 0.3) is 0 Å². The molecule has 1 aromatic carbocycles. The maximum absolute atomic E-state index is 14.0. The number of fused-ring (bicyclic) bond motifs is 1. The third kappa shape index (κ3) is 2.56. The highest BCUT2D eigenvalue weighted by Gasteiger charge is 2.48. The van der Waals surface area contributed by atoms with Crippen molar-refractivity contribution in [2.75, 3.05) is 25.1 Å². The van der Waals surface area contributed by atoms with Crippen LogP contribution in [0.5, 0.6) is 5.75 Å². The molecule has 1 aromatic heterocycles. The Labute approximate surface area is 163 Å². The molecule has 3 aliphatic rings. The quantitative estimate of drug-likeness (QED) is 0.799. The van der Waals surface area contributed by atoms with Gasteiger partial charge in [0.1, 0.15) is 7.54 Å². The molecule has 0 radical (unpaired) electrons. The van der Waals surface area contributed by atoms with E-state index in [0.29, 0.717) is 23.6 Å². The molecule has 5 rings (SSSR count). The fraction of sp³-hybridized carbons (Fsp3) is 0.524. The lowest BCUT2D eigenvalue weighted by atomic mass is 9.97. The Bertz CT molecular complexity index is 1080. The first kappa shape index (κ1) is 16.5. The highest BCUT2D eigenvalue weighted by molar-refractivity contribution is 5.94. The van der Waals surface area contributed by atoms with E-state index in [-0.39, 0.29) is 16.5 Å². The van der Waals surface area contributed by atoms with Crippen LogP contribution in [0.4, 0.5) is 10.1 Å². The van der Waals surface area contributed by atoms with Gasteiger partial charge in [0, 0.05) is 31.2 Å². The predicted molar refractivity (Wildman–Crippen MR) is 105 cm³/mol. The summed E-state index contributed by atoms with van der Waals surface area (Å²) in [6, 6.07) is 3.03. The Balaban J connectivity index is 1.67. The minimum atomic E-state index is -1.06. The molecule has 3 fully saturated rings. The van der Waals surface area contributed by atoms with Gasteiger partial charge in [-0.3, -0.25) is 9.59 Å². The van der Waals surface area contributed by atoms with E-state index in [0.717, 1.165) is 38.0 Å². The summed E-state index contributed by atoms with van der Waals surface area (Å²) >= 11 is 0. The number of anilines is 1. The number of carbonyl (C=O) groups excluding carboxylic acids is 1. The first-order valence-electron chi connectivity index (χ1n) is 10.3. The lowest BCUT2D eigenvalue weighted by Gasteiger charge is -2.25. The number of pyridine rings is 1. The number of nitrogens with two attached hydrogens (primary N) is 1. The van der Waals surface area contributed by atoms with Gasteiger partial charge in [0.15, 0.2) is 17.4 Å². The number of halogens is 1. The van der Waals surface area contributed by atoms with Crippen LogP contribution in [-0.4, -0.2) is 42.7 Å². The van der Waals surface area contributed by atoms with E-state index >= 15 is 0 Å². The van der Waals surface area contributed by atoms with Gasteiger partial charge < -0.3 is 19.9 Å². The molecule has 2 heterocycles. The van der Waals surface area contributed by atoms with Crippen LogP contribution in [0.1, 0.15) is 43.5 Å². The van der Waals surface area contributed by atoms with Crippen molar-refractivity contribution in [1.29, 1.82) is 0 Å². The fourth-order valence-corrected chi connectivity index (χ4v) is 4.63. The highest BCUT2D eigenvalue weighted by atomic mass is 19.1. The van der Waals surface area contributed by atoms with Crippen molar-refractivity contribution in [3.8, 4) is 5.75 Å². The molecule has 148 valence electrons. The summed E-state index contributed by atoms with van der Waals surface area (Å²) in [6.45, 7) is 1.66. The number of rotatable bonds is 5. The maximum Gasteiger partial charge on any atom is 0.200 e. The number of hydrogen-bond acceptors (Lipinski definition) is 5. The molecular weight excluding hydrogens is 361 g/mol. The first-order valence-corrected chi connectivity index (χ1v) is 9.79. The molecule has 7 heteroatoms. The molecule has 2 aliphatic carbocycles. The van der Waals surface area contributed by atoms with Crippen molar-refractivity contribution < 1.29 is 15.3 Å². The van der Waals surface area contributed by atoms with Crippen molar-refractivity contribution in [2.45, 2.75) is 43.4 Å². The lowest BCUT2D eigenvalue weighted by molar-refractivity contribution is 0.112. The van der Waals surface area contributed by atoms with Crippen molar-refractivity contribution in [2.24, 2.45) is 11.7 Å².